The molecule has 0 bridgehead atoms. The van der Waals surface area contributed by atoms with Gasteiger partial charge in [0.05, 0.1) is 29.6 Å². The van der Waals surface area contributed by atoms with Gasteiger partial charge < -0.3 is 20.1 Å². The van der Waals surface area contributed by atoms with E-state index in [0.29, 0.717) is 18.5 Å². The molecule has 164 valence electrons. The maximum absolute atomic E-state index is 13.2. The monoisotopic (exact) mass is 440 g/mol. The molecule has 0 aromatic heterocycles. The lowest BCUT2D eigenvalue weighted by atomic mass is 9.79. The summed E-state index contributed by atoms with van der Waals surface area (Å²) in [5, 5.41) is 4.99. The van der Waals surface area contributed by atoms with Gasteiger partial charge in [0.15, 0.2) is 6.61 Å². The molecule has 9 heteroatoms. The van der Waals surface area contributed by atoms with E-state index in [-0.39, 0.29) is 54.3 Å². The Kier molecular flexibility index (Phi) is 8.80. The van der Waals surface area contributed by atoms with Crippen LogP contribution in [0.5, 0.6) is 0 Å². The molecule has 7 nitrogen and oxygen atoms in total. The normalized spacial score (nSPS) is 23.3. The number of hydrogen-bond acceptors (Lipinski definition) is 5. The highest BCUT2D eigenvalue weighted by Crippen LogP contribution is 2.36. The van der Waals surface area contributed by atoms with Crippen molar-refractivity contribution in [2.45, 2.75) is 31.8 Å². The van der Waals surface area contributed by atoms with E-state index in [1.54, 1.807) is 0 Å². The van der Waals surface area contributed by atoms with Gasteiger partial charge in [0, 0.05) is 31.2 Å². The van der Waals surface area contributed by atoms with Gasteiger partial charge in [-0.1, -0.05) is 31.3 Å². The second-order valence-electron chi connectivity index (χ2n) is 7.21. The lowest BCUT2D eigenvalue weighted by molar-refractivity contribution is -0.133. The van der Waals surface area contributed by atoms with Gasteiger partial charge >= 0.3 is 0 Å². The molecule has 30 heavy (non-hydrogen) atoms. The predicted molar refractivity (Wildman–Crippen MR) is 110 cm³/mol. The fourth-order valence-electron chi connectivity index (χ4n) is 3.42. The molecule has 1 saturated carbocycles. The van der Waals surface area contributed by atoms with Gasteiger partial charge in [0.25, 0.3) is 5.91 Å². The van der Waals surface area contributed by atoms with Crippen LogP contribution in [0.15, 0.2) is 48.1 Å². The first-order valence-electron chi connectivity index (χ1n) is 9.62. The third-order valence-electron chi connectivity index (χ3n) is 4.93. The van der Waals surface area contributed by atoms with Crippen LogP contribution < -0.4 is 10.6 Å². The third-order valence-corrected chi connectivity index (χ3v) is 5.11. The summed E-state index contributed by atoms with van der Waals surface area (Å²) in [6, 6.07) is 0. The van der Waals surface area contributed by atoms with Crippen molar-refractivity contribution in [1.82, 2.24) is 10.6 Å². The first-order chi connectivity index (χ1) is 14.2. The van der Waals surface area contributed by atoms with E-state index in [4.69, 9.17) is 21.1 Å². The van der Waals surface area contributed by atoms with Crippen LogP contribution >= 0.6 is 11.6 Å². The minimum atomic E-state index is -0.803. The summed E-state index contributed by atoms with van der Waals surface area (Å²) in [7, 11) is 0. The topological polar surface area (TPSA) is 93.7 Å². The van der Waals surface area contributed by atoms with E-state index in [0.717, 1.165) is 18.9 Å². The Hall–Kier alpha value is -2.45. The van der Waals surface area contributed by atoms with E-state index in [9.17, 15) is 18.8 Å². The van der Waals surface area contributed by atoms with Crippen molar-refractivity contribution in [3.05, 3.63) is 48.1 Å². The fraction of sp³-hybridized carbons (Fsp3) is 0.476. The molecule has 1 aliphatic heterocycles. The van der Waals surface area contributed by atoms with Crippen molar-refractivity contribution in [1.29, 1.82) is 0 Å². The Bertz CT molecular complexity index is 779. The number of halogens is 2. The van der Waals surface area contributed by atoms with Gasteiger partial charge in [-0.15, -0.1) is 0 Å². The summed E-state index contributed by atoms with van der Waals surface area (Å²) in [5.74, 6) is -2.43. The van der Waals surface area contributed by atoms with Gasteiger partial charge in [0.1, 0.15) is 17.4 Å². The molecular weight excluding hydrogens is 415 g/mol. The molecule has 0 radical (unpaired) electrons. The number of Topliss-reactive ketones (excluding diaryl/α,β-unsaturated/α-hetero) is 1. The average Bonchev–Trinajstić information content (AvgIpc) is 3.12. The highest BCUT2D eigenvalue weighted by atomic mass is 35.5. The Morgan fingerprint density at radius 3 is 2.77 bits per heavy atom. The van der Waals surface area contributed by atoms with E-state index >= 15 is 0 Å². The van der Waals surface area contributed by atoms with Crippen LogP contribution in [0.4, 0.5) is 4.39 Å². The first-order valence-corrected chi connectivity index (χ1v) is 10.00. The van der Waals surface area contributed by atoms with Gasteiger partial charge in [0.2, 0.25) is 5.91 Å². The summed E-state index contributed by atoms with van der Waals surface area (Å²) in [5.41, 5.74) is 0.419. The van der Waals surface area contributed by atoms with Crippen molar-refractivity contribution in [3.8, 4) is 0 Å². The van der Waals surface area contributed by atoms with E-state index in [1.165, 1.54) is 0 Å². The zero-order valence-electron chi connectivity index (χ0n) is 16.7. The highest BCUT2D eigenvalue weighted by molar-refractivity contribution is 6.31. The molecule has 2 rings (SSSR count). The molecule has 0 aromatic carbocycles. The Balaban J connectivity index is 1.67. The second kappa shape index (κ2) is 11.1. The quantitative estimate of drug-likeness (QED) is 0.402. The van der Waals surface area contributed by atoms with Crippen molar-refractivity contribution in [2.24, 2.45) is 11.8 Å². The first kappa shape index (κ1) is 23.8. The molecule has 1 aliphatic carbocycles. The largest absolute Gasteiger partial charge is 0.484 e. The second-order valence-corrected chi connectivity index (χ2v) is 7.66. The average molecular weight is 441 g/mol. The maximum Gasteiger partial charge on any atom is 0.257 e. The number of carbonyl (C=O) groups excluding carboxylic acids is 3. The molecule has 3 unspecified atom stereocenters. The Morgan fingerprint density at radius 2 is 2.07 bits per heavy atom. The van der Waals surface area contributed by atoms with Crippen LogP contribution in [0.1, 0.15) is 25.7 Å². The van der Waals surface area contributed by atoms with Crippen molar-refractivity contribution < 1.29 is 28.2 Å². The summed E-state index contributed by atoms with van der Waals surface area (Å²) in [6.07, 6.45) is 3.13. The number of nitrogens with one attached hydrogen (secondary N) is 2. The maximum atomic E-state index is 13.2. The summed E-state index contributed by atoms with van der Waals surface area (Å²) >= 11 is 5.38. The standard InChI is InChI=1S/C21H26ClFN2O5/c1-12(7-8-24-19(27)11-29-13(2)9-16(23)14(3)22)25-21(28)15-10-30-18-6-4-5-17(26)20(15)18/h9,15,18,20H,1-8,10-11H2,(H,24,27)(H,25,28)/b16-9+. The molecule has 1 saturated heterocycles. The van der Waals surface area contributed by atoms with Crippen LogP contribution in [0, 0.1) is 11.8 Å². The molecular formula is C21H26ClFN2O5. The zero-order chi connectivity index (χ0) is 22.3. The van der Waals surface area contributed by atoms with Crippen molar-refractivity contribution >= 4 is 29.2 Å². The Morgan fingerprint density at radius 1 is 1.33 bits per heavy atom. The number of ketones is 1. The molecule has 0 aromatic rings. The minimum Gasteiger partial charge on any atom is -0.484 e. The number of amides is 2. The number of fused-ring (bicyclic) bond motifs is 1. The molecule has 0 spiro atoms. The highest BCUT2D eigenvalue weighted by Gasteiger charge is 2.46. The van der Waals surface area contributed by atoms with Gasteiger partial charge in [-0.25, -0.2) is 4.39 Å². The van der Waals surface area contributed by atoms with Gasteiger partial charge in [-0.2, -0.15) is 0 Å². The number of rotatable bonds is 10. The van der Waals surface area contributed by atoms with Crippen molar-refractivity contribution in [3.63, 3.8) is 0 Å². The lowest BCUT2D eigenvalue weighted by Crippen LogP contribution is -2.40. The van der Waals surface area contributed by atoms with E-state index in [1.807, 2.05) is 0 Å². The van der Waals surface area contributed by atoms with Crippen LogP contribution in [-0.2, 0) is 23.9 Å². The molecule has 3 atom stereocenters. The predicted octanol–water partition coefficient (Wildman–Crippen LogP) is 2.64. The molecule has 2 N–H and O–H groups in total. The Labute approximate surface area is 180 Å². The SMILES string of the molecule is C=C(CCNC(=O)COC(=C)/C=C(/F)C(=C)Cl)NC(=O)C1COC2CCCC(=O)C21. The smallest absolute Gasteiger partial charge is 0.257 e. The fourth-order valence-corrected chi connectivity index (χ4v) is 3.48. The third kappa shape index (κ3) is 6.81. The number of allylic oxidation sites excluding steroid dienone is 3. The number of carbonyl (C=O) groups is 3. The summed E-state index contributed by atoms with van der Waals surface area (Å²) in [6.45, 7) is 10.5. The number of hydrogen-bond donors (Lipinski definition) is 2. The van der Waals surface area contributed by atoms with Gasteiger partial charge in [-0.3, -0.25) is 14.4 Å². The van der Waals surface area contributed by atoms with Crippen LogP contribution in [0.3, 0.4) is 0 Å². The van der Waals surface area contributed by atoms with Crippen molar-refractivity contribution in [2.75, 3.05) is 19.8 Å². The van der Waals surface area contributed by atoms with Crippen LogP contribution in [-0.4, -0.2) is 43.5 Å². The summed E-state index contributed by atoms with van der Waals surface area (Å²) < 4.78 is 23.9. The molecule has 2 fully saturated rings. The number of ether oxygens (including phenoxy) is 2. The zero-order valence-corrected chi connectivity index (χ0v) is 17.4. The lowest BCUT2D eigenvalue weighted by Gasteiger charge is -2.25. The molecule has 2 aliphatic rings. The molecule has 2 amide bonds. The molecule has 1 heterocycles. The van der Waals surface area contributed by atoms with Crippen LogP contribution in [0.25, 0.3) is 0 Å². The van der Waals surface area contributed by atoms with E-state index < -0.39 is 17.7 Å². The van der Waals surface area contributed by atoms with Crippen LogP contribution in [0.2, 0.25) is 0 Å². The minimum absolute atomic E-state index is 0.0736. The van der Waals surface area contributed by atoms with E-state index in [2.05, 4.69) is 30.4 Å². The summed E-state index contributed by atoms with van der Waals surface area (Å²) in [4.78, 5) is 36.4. The van der Waals surface area contributed by atoms with Gasteiger partial charge in [-0.05, 0) is 12.8 Å².